The number of ether oxygens (including phenoxy) is 2. The van der Waals surface area contributed by atoms with Crippen LogP contribution >= 0.6 is 0 Å². The van der Waals surface area contributed by atoms with Crippen LogP contribution in [0.2, 0.25) is 0 Å². The van der Waals surface area contributed by atoms with Gasteiger partial charge in [-0.3, -0.25) is 0 Å². The molecule has 0 aliphatic carbocycles. The number of rotatable bonds is 6. The van der Waals surface area contributed by atoms with Gasteiger partial charge in [-0.2, -0.15) is 4.79 Å². The Morgan fingerprint density at radius 2 is 1.77 bits per heavy atom. The van der Waals surface area contributed by atoms with Crippen LogP contribution in [0.15, 0.2) is 54.6 Å². The summed E-state index contributed by atoms with van der Waals surface area (Å²) in [7, 11) is 1.24. The van der Waals surface area contributed by atoms with E-state index in [0.717, 1.165) is 11.1 Å². The second-order valence-electron chi connectivity index (χ2n) is 4.60. The number of benzene rings is 2. The summed E-state index contributed by atoms with van der Waals surface area (Å²) >= 11 is 0. The van der Waals surface area contributed by atoms with Crippen molar-refractivity contribution in [3.8, 4) is 5.75 Å². The molecule has 0 saturated heterocycles. The maximum Gasteiger partial charge on any atom is 0.416 e. The monoisotopic (exact) mass is 296 g/mol. The third-order valence-corrected chi connectivity index (χ3v) is 3.11. The molecule has 0 radical (unpaired) electrons. The Balaban J connectivity index is 2.13. The SMILES string of the molecule is COC(=O)C(Cc1ccccc1OCc1ccccc1)=[N+]=[N-]. The topological polar surface area (TPSA) is 71.9 Å². The van der Waals surface area contributed by atoms with Gasteiger partial charge in [-0.15, -0.1) is 0 Å². The molecule has 2 rings (SSSR count). The van der Waals surface area contributed by atoms with Crippen molar-refractivity contribution in [3.05, 3.63) is 71.3 Å². The van der Waals surface area contributed by atoms with Crippen LogP contribution in [0.25, 0.3) is 5.53 Å². The molecule has 0 amide bonds. The summed E-state index contributed by atoms with van der Waals surface area (Å²) in [5.41, 5.74) is 10.7. The lowest BCUT2D eigenvalue weighted by atomic mass is 10.1. The number of para-hydroxylation sites is 1. The minimum Gasteiger partial charge on any atom is -0.489 e. The fourth-order valence-electron chi connectivity index (χ4n) is 1.97. The quantitative estimate of drug-likeness (QED) is 0.356. The van der Waals surface area contributed by atoms with E-state index in [1.165, 1.54) is 7.11 Å². The van der Waals surface area contributed by atoms with Gasteiger partial charge in [0.2, 0.25) is 0 Å². The van der Waals surface area contributed by atoms with Crippen molar-refractivity contribution in [3.63, 3.8) is 0 Å². The zero-order valence-corrected chi connectivity index (χ0v) is 12.2. The molecular formula is C17H16N2O3. The number of carbonyl (C=O) groups excluding carboxylic acids is 1. The molecule has 0 heterocycles. The molecule has 2 aromatic carbocycles. The average Bonchev–Trinajstić information content (AvgIpc) is 2.59. The third kappa shape index (κ3) is 4.04. The van der Waals surface area contributed by atoms with Gasteiger partial charge in [0.1, 0.15) is 12.4 Å². The highest BCUT2D eigenvalue weighted by Crippen LogP contribution is 2.20. The Hall–Kier alpha value is -2.91. The van der Waals surface area contributed by atoms with Crippen LogP contribution in [0, 0.1) is 0 Å². The van der Waals surface area contributed by atoms with Crippen molar-refractivity contribution < 1.29 is 19.1 Å². The molecule has 22 heavy (non-hydrogen) atoms. The van der Waals surface area contributed by atoms with Crippen molar-refractivity contribution in [1.82, 2.24) is 0 Å². The van der Waals surface area contributed by atoms with Crippen LogP contribution in [0.3, 0.4) is 0 Å². The molecule has 0 spiro atoms. The van der Waals surface area contributed by atoms with Gasteiger partial charge in [0, 0.05) is 5.56 Å². The summed E-state index contributed by atoms with van der Waals surface area (Å²) in [6, 6.07) is 17.1. The zero-order valence-electron chi connectivity index (χ0n) is 12.2. The molecule has 0 saturated carbocycles. The fourth-order valence-corrected chi connectivity index (χ4v) is 1.97. The van der Waals surface area contributed by atoms with Crippen LogP contribution in [-0.4, -0.2) is 23.6 Å². The largest absolute Gasteiger partial charge is 0.489 e. The van der Waals surface area contributed by atoms with E-state index in [-0.39, 0.29) is 12.1 Å². The number of nitrogens with zero attached hydrogens (tertiary/aromatic N) is 2. The highest BCUT2D eigenvalue weighted by Gasteiger charge is 2.22. The van der Waals surface area contributed by atoms with E-state index in [1.807, 2.05) is 54.6 Å². The van der Waals surface area contributed by atoms with Crippen LogP contribution in [-0.2, 0) is 22.6 Å². The lowest BCUT2D eigenvalue weighted by Gasteiger charge is -2.10. The first-order valence-corrected chi connectivity index (χ1v) is 6.78. The van der Waals surface area contributed by atoms with E-state index in [0.29, 0.717) is 12.4 Å². The van der Waals surface area contributed by atoms with Crippen LogP contribution in [0.1, 0.15) is 11.1 Å². The minimum absolute atomic E-state index is 0.0711. The molecule has 2 aromatic rings. The van der Waals surface area contributed by atoms with Crippen molar-refractivity contribution in [2.24, 2.45) is 0 Å². The second kappa shape index (κ2) is 7.76. The molecule has 0 atom stereocenters. The highest BCUT2D eigenvalue weighted by atomic mass is 16.5. The minimum atomic E-state index is -0.666. The standard InChI is InChI=1S/C17H16N2O3/c1-21-17(20)15(19-18)11-14-9-5-6-10-16(14)22-12-13-7-3-2-4-8-13/h2-10H,11-12H2,1H3. The molecule has 5 nitrogen and oxygen atoms in total. The van der Waals surface area contributed by atoms with Crippen LogP contribution in [0.4, 0.5) is 0 Å². The second-order valence-corrected chi connectivity index (χ2v) is 4.60. The van der Waals surface area contributed by atoms with Gasteiger partial charge in [0.15, 0.2) is 0 Å². The molecule has 0 aromatic heterocycles. The van der Waals surface area contributed by atoms with Gasteiger partial charge < -0.3 is 15.0 Å². The van der Waals surface area contributed by atoms with E-state index >= 15 is 0 Å². The third-order valence-electron chi connectivity index (χ3n) is 3.11. The van der Waals surface area contributed by atoms with E-state index in [2.05, 4.69) is 9.53 Å². The van der Waals surface area contributed by atoms with Crippen LogP contribution in [0.5, 0.6) is 5.75 Å². The lowest BCUT2D eigenvalue weighted by molar-refractivity contribution is -0.137. The summed E-state index contributed by atoms with van der Waals surface area (Å²) in [6.07, 6.45) is 0.133. The van der Waals surface area contributed by atoms with Crippen molar-refractivity contribution >= 4 is 11.7 Å². The van der Waals surface area contributed by atoms with Crippen molar-refractivity contribution in [2.75, 3.05) is 7.11 Å². The molecule has 0 fully saturated rings. The number of esters is 1. The van der Waals surface area contributed by atoms with Gasteiger partial charge in [0.25, 0.3) is 0 Å². The lowest BCUT2D eigenvalue weighted by Crippen LogP contribution is -2.19. The van der Waals surface area contributed by atoms with E-state index < -0.39 is 5.97 Å². The first-order valence-electron chi connectivity index (χ1n) is 6.78. The number of carbonyl (C=O) groups is 1. The number of hydrogen-bond acceptors (Lipinski definition) is 3. The molecule has 0 bridgehead atoms. The molecule has 0 N–H and O–H groups in total. The van der Waals surface area contributed by atoms with E-state index in [1.54, 1.807) is 0 Å². The predicted molar refractivity (Wildman–Crippen MR) is 81.6 cm³/mol. The number of hydrogen-bond donors (Lipinski definition) is 0. The number of methoxy groups -OCH3 is 1. The Kier molecular flexibility index (Phi) is 5.46. The maximum absolute atomic E-state index is 11.5. The fraction of sp³-hybridized carbons (Fsp3) is 0.176. The summed E-state index contributed by atoms with van der Waals surface area (Å²) in [5.74, 6) is -0.0308. The smallest absolute Gasteiger partial charge is 0.416 e. The Bertz CT molecular complexity index is 692. The molecule has 5 heteroatoms. The van der Waals surface area contributed by atoms with Gasteiger partial charge >= 0.3 is 11.7 Å². The van der Waals surface area contributed by atoms with Crippen molar-refractivity contribution in [2.45, 2.75) is 13.0 Å². The van der Waals surface area contributed by atoms with E-state index in [4.69, 9.17) is 10.3 Å². The molecule has 0 unspecified atom stereocenters. The van der Waals surface area contributed by atoms with E-state index in [9.17, 15) is 4.79 Å². The first kappa shape index (κ1) is 15.5. The molecule has 112 valence electrons. The summed E-state index contributed by atoms with van der Waals surface area (Å²) in [4.78, 5) is 14.5. The molecule has 0 aliphatic heterocycles. The summed E-state index contributed by atoms with van der Waals surface area (Å²) in [5, 5.41) is 0. The molecular weight excluding hydrogens is 280 g/mol. The average molecular weight is 296 g/mol. The zero-order chi connectivity index (χ0) is 15.8. The predicted octanol–water partition coefficient (Wildman–Crippen LogP) is 2.65. The van der Waals surface area contributed by atoms with Gasteiger partial charge in [0.05, 0.1) is 13.5 Å². The Labute approximate surface area is 128 Å². The Morgan fingerprint density at radius 3 is 2.45 bits per heavy atom. The molecule has 0 aliphatic rings. The normalized spacial score (nSPS) is 9.68. The van der Waals surface area contributed by atoms with Gasteiger partial charge in [-0.25, -0.2) is 4.79 Å². The van der Waals surface area contributed by atoms with Gasteiger partial charge in [-0.1, -0.05) is 48.5 Å². The first-order chi connectivity index (χ1) is 10.7. The Morgan fingerprint density at radius 1 is 1.09 bits per heavy atom. The highest BCUT2D eigenvalue weighted by molar-refractivity contribution is 6.34. The van der Waals surface area contributed by atoms with Crippen molar-refractivity contribution in [1.29, 1.82) is 0 Å². The van der Waals surface area contributed by atoms with Crippen LogP contribution < -0.4 is 4.74 Å². The summed E-state index contributed by atoms with van der Waals surface area (Å²) < 4.78 is 10.4. The maximum atomic E-state index is 11.5. The summed E-state index contributed by atoms with van der Waals surface area (Å²) in [6.45, 7) is 0.418. The van der Waals surface area contributed by atoms with Gasteiger partial charge in [-0.05, 0) is 11.6 Å².